The van der Waals surface area contributed by atoms with Gasteiger partial charge in [0.15, 0.2) is 0 Å². The summed E-state index contributed by atoms with van der Waals surface area (Å²) < 4.78 is 0. The molecule has 0 spiro atoms. The van der Waals surface area contributed by atoms with E-state index in [-0.39, 0.29) is 0 Å². The molecular weight excluding hydrogens is 588 g/mol. The van der Waals surface area contributed by atoms with Gasteiger partial charge in [-0.1, -0.05) is 194 Å². The number of hydrogen-bond acceptors (Lipinski definition) is 3. The van der Waals surface area contributed by atoms with Gasteiger partial charge >= 0.3 is 5.97 Å². The lowest BCUT2D eigenvalue weighted by molar-refractivity contribution is -0.137. The molecule has 0 fully saturated rings. The van der Waals surface area contributed by atoms with Gasteiger partial charge < -0.3 is 14.9 Å². The lowest BCUT2D eigenvalue weighted by Crippen LogP contribution is -2.32. The van der Waals surface area contributed by atoms with E-state index in [1.54, 1.807) is 0 Å². The fraction of sp³-hybridized carbons (Fsp3) is 0.977. The first-order valence-electron chi connectivity index (χ1n) is 22.3. The first kappa shape index (κ1) is 47.4. The molecule has 0 amide bonds. The van der Waals surface area contributed by atoms with Crippen LogP contribution in [0.25, 0.3) is 0 Å². The average molecular weight is 679 g/mol. The van der Waals surface area contributed by atoms with Crippen LogP contribution in [0.3, 0.4) is 0 Å². The molecule has 0 aromatic carbocycles. The normalized spacial score (nSPS) is 11.8. The summed E-state index contributed by atoms with van der Waals surface area (Å²) in [7, 11) is 0. The van der Waals surface area contributed by atoms with Gasteiger partial charge in [-0.25, -0.2) is 0 Å². The molecule has 0 rings (SSSR count). The van der Waals surface area contributed by atoms with E-state index >= 15 is 0 Å². The summed E-state index contributed by atoms with van der Waals surface area (Å²) in [6, 6.07) is 0. The predicted octanol–water partition coefficient (Wildman–Crippen LogP) is 14.0. The number of rotatable bonds is 42. The molecule has 4 heteroatoms. The highest BCUT2D eigenvalue weighted by Crippen LogP contribution is 2.15. The number of aliphatic carboxylic acids is 1. The molecule has 0 atom stereocenters. The van der Waals surface area contributed by atoms with Gasteiger partial charge in [0.2, 0.25) is 0 Å². The highest BCUT2D eigenvalue weighted by Gasteiger charge is 2.09. The highest BCUT2D eigenvalue weighted by molar-refractivity contribution is 5.66. The fourth-order valence-corrected chi connectivity index (χ4v) is 7.27. The molecule has 0 aromatic rings. The van der Waals surface area contributed by atoms with Crippen LogP contribution >= 0.6 is 0 Å². The zero-order valence-electron chi connectivity index (χ0n) is 33.5. The van der Waals surface area contributed by atoms with Gasteiger partial charge in [0, 0.05) is 6.42 Å². The molecule has 0 saturated heterocycles. The second kappa shape index (κ2) is 40.8. The Morgan fingerprint density at radius 2 is 0.521 bits per heavy atom. The average Bonchev–Trinajstić information content (AvgIpc) is 3.08. The number of carbonyl (C=O) groups is 1. The summed E-state index contributed by atoms with van der Waals surface area (Å²) in [4.78, 5) is 16.5. The first-order chi connectivity index (χ1) is 23.6. The van der Waals surface area contributed by atoms with Crippen molar-refractivity contribution in [3.8, 4) is 0 Å². The molecule has 0 unspecified atom stereocenters. The minimum atomic E-state index is -0.647. The minimum Gasteiger partial charge on any atom is -0.481 e. The smallest absolute Gasteiger partial charge is 0.303 e. The van der Waals surface area contributed by atoms with Gasteiger partial charge in [-0.15, -0.1) is 0 Å². The lowest BCUT2D eigenvalue weighted by Gasteiger charge is -2.26. The number of carboxylic acid groups (broad SMARTS) is 1. The van der Waals surface area contributed by atoms with Crippen molar-refractivity contribution in [2.24, 2.45) is 0 Å². The molecule has 1 N–H and O–H groups in total. The number of carboxylic acids is 1. The standard InChI is InChI=1S/C44H90N2O2/c1-4-7-10-13-16-19-22-25-28-32-38-45(39-33-29-26-23-20-17-14-11-8-5-2)42-36-43-46(41-35-31-37-44(47)48)40-34-30-27-24-21-18-15-12-9-6-3/h4-43H2,1-3H3,(H,47,48). The van der Waals surface area contributed by atoms with Gasteiger partial charge in [-0.2, -0.15) is 0 Å². The third-order valence-corrected chi connectivity index (χ3v) is 10.5. The summed E-state index contributed by atoms with van der Waals surface area (Å²) in [5, 5.41) is 9.11. The van der Waals surface area contributed by atoms with Crippen molar-refractivity contribution in [3.63, 3.8) is 0 Å². The van der Waals surface area contributed by atoms with Crippen LogP contribution in [-0.4, -0.2) is 60.1 Å². The van der Waals surface area contributed by atoms with Gasteiger partial charge in [0.25, 0.3) is 0 Å². The van der Waals surface area contributed by atoms with E-state index in [1.165, 1.54) is 232 Å². The number of unbranched alkanes of at least 4 members (excludes halogenated alkanes) is 28. The molecule has 0 aliphatic heterocycles. The van der Waals surface area contributed by atoms with E-state index < -0.39 is 5.97 Å². The zero-order valence-corrected chi connectivity index (χ0v) is 33.5. The Labute approximate surface area is 303 Å². The van der Waals surface area contributed by atoms with E-state index in [0.717, 1.165) is 19.4 Å². The Kier molecular flexibility index (Phi) is 40.3. The molecule has 0 saturated carbocycles. The van der Waals surface area contributed by atoms with Crippen LogP contribution in [0, 0.1) is 0 Å². The summed E-state index contributed by atoms with van der Waals surface area (Å²) in [6.07, 6.45) is 45.5. The third kappa shape index (κ3) is 38.2. The van der Waals surface area contributed by atoms with Crippen LogP contribution in [0.15, 0.2) is 0 Å². The maximum absolute atomic E-state index is 11.1. The lowest BCUT2D eigenvalue weighted by atomic mass is 10.1. The van der Waals surface area contributed by atoms with E-state index in [1.807, 2.05) is 0 Å². The van der Waals surface area contributed by atoms with Gasteiger partial charge in [-0.3, -0.25) is 4.79 Å². The van der Waals surface area contributed by atoms with Crippen molar-refractivity contribution in [2.45, 2.75) is 239 Å². The van der Waals surface area contributed by atoms with Crippen molar-refractivity contribution in [1.82, 2.24) is 9.80 Å². The molecule has 48 heavy (non-hydrogen) atoms. The summed E-state index contributed by atoms with van der Waals surface area (Å²) in [5.74, 6) is -0.647. The SMILES string of the molecule is CCCCCCCCCCCCN(CCCCCCCCCCCC)CCCN(CCCCCCCCCCCC)CCCCC(=O)O. The van der Waals surface area contributed by atoms with Gasteiger partial charge in [0.05, 0.1) is 0 Å². The Hall–Kier alpha value is -0.610. The summed E-state index contributed by atoms with van der Waals surface area (Å²) in [6.45, 7) is 14.2. The van der Waals surface area contributed by atoms with Crippen molar-refractivity contribution in [1.29, 1.82) is 0 Å². The summed E-state index contributed by atoms with van der Waals surface area (Å²) in [5.41, 5.74) is 0. The molecule has 288 valence electrons. The summed E-state index contributed by atoms with van der Waals surface area (Å²) >= 11 is 0. The van der Waals surface area contributed by atoms with Crippen LogP contribution in [0.4, 0.5) is 0 Å². The molecule has 0 aliphatic carbocycles. The first-order valence-corrected chi connectivity index (χ1v) is 22.3. The highest BCUT2D eigenvalue weighted by atomic mass is 16.4. The Bertz CT molecular complexity index is 589. The maximum atomic E-state index is 11.1. The van der Waals surface area contributed by atoms with Crippen LogP contribution in [0.5, 0.6) is 0 Å². The Morgan fingerprint density at radius 1 is 0.312 bits per heavy atom. The molecule has 0 heterocycles. The second-order valence-electron chi connectivity index (χ2n) is 15.4. The Morgan fingerprint density at radius 3 is 0.771 bits per heavy atom. The second-order valence-corrected chi connectivity index (χ2v) is 15.4. The van der Waals surface area contributed by atoms with Gasteiger partial charge in [-0.05, 0) is 77.8 Å². The molecule has 0 aromatic heterocycles. The molecule has 0 bridgehead atoms. The van der Waals surface area contributed by atoms with Gasteiger partial charge in [0.1, 0.15) is 0 Å². The third-order valence-electron chi connectivity index (χ3n) is 10.5. The van der Waals surface area contributed by atoms with E-state index in [4.69, 9.17) is 5.11 Å². The van der Waals surface area contributed by atoms with Crippen LogP contribution in [0.2, 0.25) is 0 Å². The van der Waals surface area contributed by atoms with Crippen molar-refractivity contribution in [3.05, 3.63) is 0 Å². The maximum Gasteiger partial charge on any atom is 0.303 e. The van der Waals surface area contributed by atoms with E-state index in [2.05, 4.69) is 30.6 Å². The minimum absolute atomic E-state index is 0.317. The molecule has 0 radical (unpaired) electrons. The molecule has 4 nitrogen and oxygen atoms in total. The van der Waals surface area contributed by atoms with Crippen molar-refractivity contribution < 1.29 is 9.90 Å². The van der Waals surface area contributed by atoms with Crippen molar-refractivity contribution >= 4 is 5.97 Å². The number of hydrogen-bond donors (Lipinski definition) is 1. The van der Waals surface area contributed by atoms with Crippen LogP contribution in [-0.2, 0) is 4.79 Å². The number of nitrogens with zero attached hydrogens (tertiary/aromatic N) is 2. The molecular formula is C44H90N2O2. The van der Waals surface area contributed by atoms with E-state index in [0.29, 0.717) is 6.42 Å². The Balaban J connectivity index is 4.52. The molecule has 0 aliphatic rings. The predicted molar refractivity (Wildman–Crippen MR) is 215 cm³/mol. The quantitative estimate of drug-likeness (QED) is 0.0653. The van der Waals surface area contributed by atoms with Crippen LogP contribution < -0.4 is 0 Å². The fourth-order valence-electron chi connectivity index (χ4n) is 7.27. The monoisotopic (exact) mass is 679 g/mol. The van der Waals surface area contributed by atoms with E-state index in [9.17, 15) is 4.79 Å². The van der Waals surface area contributed by atoms with Crippen LogP contribution in [0.1, 0.15) is 239 Å². The zero-order chi connectivity index (χ0) is 35.0. The largest absolute Gasteiger partial charge is 0.481 e. The van der Waals surface area contributed by atoms with Crippen molar-refractivity contribution in [2.75, 3.05) is 39.3 Å². The topological polar surface area (TPSA) is 43.8 Å².